The van der Waals surface area contributed by atoms with Crippen LogP contribution in [0, 0.1) is 0 Å². The molecule has 10 N–H and O–H groups in total. The molecule has 3 aliphatic heterocycles. The SMILES string of the molecule is OC[C@H]1O[C@@H](O[C@@H]2[C@H](O)[C@@H](O)[C@H](O[C@@H]3CO[C@@H](O)[C@H](O)[C@H]3O)O[C@@H]2CO)[C@H](O)[C@@H](O)[C@H]1O. The van der Waals surface area contributed by atoms with E-state index in [-0.39, 0.29) is 6.61 Å². The van der Waals surface area contributed by atoms with Gasteiger partial charge in [-0.25, -0.2) is 0 Å². The zero-order chi connectivity index (χ0) is 23.7. The molecule has 0 unspecified atom stereocenters. The van der Waals surface area contributed by atoms with Crippen molar-refractivity contribution in [3.8, 4) is 0 Å². The largest absolute Gasteiger partial charge is 0.394 e. The molecule has 0 aromatic carbocycles. The van der Waals surface area contributed by atoms with Crippen LogP contribution in [0.15, 0.2) is 0 Å². The minimum absolute atomic E-state index is 0.378. The van der Waals surface area contributed by atoms with E-state index in [1.54, 1.807) is 0 Å². The highest BCUT2D eigenvalue weighted by atomic mass is 16.7. The molecule has 0 aromatic rings. The summed E-state index contributed by atoms with van der Waals surface area (Å²) in [5.74, 6) is 0. The molecule has 0 aromatic heterocycles. The van der Waals surface area contributed by atoms with Crippen LogP contribution < -0.4 is 0 Å². The van der Waals surface area contributed by atoms with Gasteiger partial charge in [0.2, 0.25) is 0 Å². The Kier molecular flexibility index (Phi) is 8.75. The quantitative estimate of drug-likeness (QED) is 0.172. The van der Waals surface area contributed by atoms with E-state index in [9.17, 15) is 51.1 Å². The van der Waals surface area contributed by atoms with E-state index in [0.717, 1.165) is 0 Å². The van der Waals surface area contributed by atoms with Crippen LogP contribution in [0.3, 0.4) is 0 Å². The van der Waals surface area contributed by atoms with E-state index in [1.165, 1.54) is 0 Å². The maximum absolute atomic E-state index is 10.5. The predicted molar refractivity (Wildman–Crippen MR) is 95.2 cm³/mol. The smallest absolute Gasteiger partial charge is 0.187 e. The molecule has 15 heteroatoms. The van der Waals surface area contributed by atoms with Gasteiger partial charge in [-0.05, 0) is 0 Å². The second kappa shape index (κ2) is 10.8. The molecular weight excluding hydrogens is 444 g/mol. The molecule has 0 saturated carbocycles. The van der Waals surface area contributed by atoms with E-state index in [2.05, 4.69) is 0 Å². The molecule has 0 amide bonds. The first kappa shape index (κ1) is 26.0. The highest BCUT2D eigenvalue weighted by Gasteiger charge is 2.52. The van der Waals surface area contributed by atoms with Crippen LogP contribution in [0.1, 0.15) is 0 Å². The molecule has 3 aliphatic rings. The maximum atomic E-state index is 10.5. The second-order valence-corrected chi connectivity index (χ2v) is 7.88. The Morgan fingerprint density at radius 3 is 1.78 bits per heavy atom. The summed E-state index contributed by atoms with van der Waals surface area (Å²) in [7, 11) is 0. The third-order valence-electron chi connectivity index (χ3n) is 5.72. The van der Waals surface area contributed by atoms with Crippen molar-refractivity contribution in [3.63, 3.8) is 0 Å². The van der Waals surface area contributed by atoms with Crippen molar-refractivity contribution in [2.75, 3.05) is 19.8 Å². The average molecular weight is 474 g/mol. The molecule has 3 fully saturated rings. The molecule has 14 atom stereocenters. The monoisotopic (exact) mass is 474 g/mol. The van der Waals surface area contributed by atoms with E-state index in [4.69, 9.17) is 23.7 Å². The molecule has 0 spiro atoms. The highest BCUT2D eigenvalue weighted by Crippen LogP contribution is 2.30. The van der Waals surface area contributed by atoms with Crippen LogP contribution in [0.5, 0.6) is 0 Å². The van der Waals surface area contributed by atoms with Crippen molar-refractivity contribution >= 4 is 0 Å². The molecule has 188 valence electrons. The number of rotatable bonds is 6. The summed E-state index contributed by atoms with van der Waals surface area (Å²) in [6.45, 7) is -1.86. The van der Waals surface area contributed by atoms with Crippen LogP contribution in [-0.2, 0) is 23.7 Å². The normalized spacial score (nSPS) is 52.7. The van der Waals surface area contributed by atoms with Gasteiger partial charge in [-0.15, -0.1) is 0 Å². The van der Waals surface area contributed by atoms with Gasteiger partial charge < -0.3 is 74.7 Å². The molecular formula is C17H30O15. The third-order valence-corrected chi connectivity index (χ3v) is 5.72. The lowest BCUT2D eigenvalue weighted by Gasteiger charge is -2.47. The van der Waals surface area contributed by atoms with E-state index < -0.39 is 99.2 Å². The molecule has 3 heterocycles. The number of aliphatic hydroxyl groups excluding tert-OH is 10. The summed E-state index contributed by atoms with van der Waals surface area (Å²) < 4.78 is 26.2. The first-order valence-corrected chi connectivity index (χ1v) is 10.00. The summed E-state index contributed by atoms with van der Waals surface area (Å²) in [6, 6.07) is 0. The average Bonchev–Trinajstić information content (AvgIpc) is 2.78. The Bertz CT molecular complexity index is 592. The Hall–Kier alpha value is -0.600. The number of aliphatic hydroxyl groups is 10. The summed E-state index contributed by atoms with van der Waals surface area (Å²) in [6.07, 6.45) is -22.5. The van der Waals surface area contributed by atoms with Crippen LogP contribution in [0.2, 0.25) is 0 Å². The topological polar surface area (TPSA) is 248 Å². The van der Waals surface area contributed by atoms with Crippen LogP contribution in [0.4, 0.5) is 0 Å². The fraction of sp³-hybridized carbons (Fsp3) is 1.00. The molecule has 0 aliphatic carbocycles. The second-order valence-electron chi connectivity index (χ2n) is 7.88. The van der Waals surface area contributed by atoms with E-state index >= 15 is 0 Å². The van der Waals surface area contributed by atoms with Gasteiger partial charge in [0.15, 0.2) is 18.9 Å². The third kappa shape index (κ3) is 5.07. The molecule has 0 radical (unpaired) electrons. The summed E-state index contributed by atoms with van der Waals surface area (Å²) in [5, 5.41) is 98.8. The Morgan fingerprint density at radius 2 is 1.16 bits per heavy atom. The Labute approximate surface area is 181 Å². The number of hydrogen-bond donors (Lipinski definition) is 10. The van der Waals surface area contributed by atoms with Gasteiger partial charge in [0.05, 0.1) is 19.8 Å². The summed E-state index contributed by atoms with van der Waals surface area (Å²) >= 11 is 0. The van der Waals surface area contributed by atoms with Gasteiger partial charge in [-0.1, -0.05) is 0 Å². The summed E-state index contributed by atoms with van der Waals surface area (Å²) in [4.78, 5) is 0. The zero-order valence-electron chi connectivity index (χ0n) is 16.7. The van der Waals surface area contributed by atoms with Crippen molar-refractivity contribution in [2.24, 2.45) is 0 Å². The first-order valence-electron chi connectivity index (χ1n) is 10.00. The maximum Gasteiger partial charge on any atom is 0.187 e. The van der Waals surface area contributed by atoms with Gasteiger partial charge in [0.25, 0.3) is 0 Å². The fourth-order valence-corrected chi connectivity index (χ4v) is 3.74. The Morgan fingerprint density at radius 1 is 0.594 bits per heavy atom. The van der Waals surface area contributed by atoms with Gasteiger partial charge in [-0.3, -0.25) is 0 Å². The lowest BCUT2D eigenvalue weighted by atomic mass is 9.97. The standard InChI is InChI=1S/C17H30O15/c18-1-4-7(20)9(22)12(25)17(29-4)32-14-5(2-19)30-16(13(26)10(14)23)31-6-3-28-15(27)11(24)8(6)21/h4-27H,1-3H2/t4-,5-,6-,7+,8+,9+,10-,11-,12-,13-,14+,15-,16+,17+/m1/s1. The lowest BCUT2D eigenvalue weighted by molar-refractivity contribution is -0.371. The lowest BCUT2D eigenvalue weighted by Crippen LogP contribution is -2.65. The van der Waals surface area contributed by atoms with Crippen molar-refractivity contribution in [2.45, 2.75) is 86.0 Å². The minimum Gasteiger partial charge on any atom is -0.394 e. The fourth-order valence-electron chi connectivity index (χ4n) is 3.74. The van der Waals surface area contributed by atoms with E-state index in [0.29, 0.717) is 0 Å². The van der Waals surface area contributed by atoms with Crippen LogP contribution in [-0.4, -0.2) is 157 Å². The molecule has 3 rings (SSSR count). The summed E-state index contributed by atoms with van der Waals surface area (Å²) in [5.41, 5.74) is 0. The molecule has 15 nitrogen and oxygen atoms in total. The molecule has 32 heavy (non-hydrogen) atoms. The van der Waals surface area contributed by atoms with E-state index in [1.807, 2.05) is 0 Å². The van der Waals surface area contributed by atoms with Gasteiger partial charge in [0.1, 0.15) is 67.1 Å². The van der Waals surface area contributed by atoms with Gasteiger partial charge in [0, 0.05) is 0 Å². The van der Waals surface area contributed by atoms with Crippen molar-refractivity contribution < 1.29 is 74.7 Å². The Balaban J connectivity index is 1.67. The van der Waals surface area contributed by atoms with Crippen molar-refractivity contribution in [3.05, 3.63) is 0 Å². The zero-order valence-corrected chi connectivity index (χ0v) is 16.7. The highest BCUT2D eigenvalue weighted by molar-refractivity contribution is 4.95. The van der Waals surface area contributed by atoms with Crippen LogP contribution in [0.25, 0.3) is 0 Å². The van der Waals surface area contributed by atoms with Crippen molar-refractivity contribution in [1.29, 1.82) is 0 Å². The van der Waals surface area contributed by atoms with Gasteiger partial charge in [-0.2, -0.15) is 0 Å². The number of hydrogen-bond acceptors (Lipinski definition) is 15. The van der Waals surface area contributed by atoms with Crippen molar-refractivity contribution in [1.82, 2.24) is 0 Å². The van der Waals surface area contributed by atoms with Crippen LogP contribution >= 0.6 is 0 Å². The number of ether oxygens (including phenoxy) is 5. The predicted octanol–water partition coefficient (Wildman–Crippen LogP) is -6.93. The van der Waals surface area contributed by atoms with Gasteiger partial charge >= 0.3 is 0 Å². The minimum atomic E-state index is -1.82. The first-order chi connectivity index (χ1) is 15.1. The molecule has 0 bridgehead atoms. The molecule has 3 saturated heterocycles.